The maximum atomic E-state index is 14.2. The fourth-order valence-electron chi connectivity index (χ4n) is 14.5. The van der Waals surface area contributed by atoms with Crippen molar-refractivity contribution < 1.29 is 95.3 Å². The van der Waals surface area contributed by atoms with Crippen LogP contribution in [0, 0.1) is 18.8 Å². The average molecular weight is 1620 g/mol. The van der Waals surface area contributed by atoms with E-state index in [1.54, 1.807) is 50.4 Å². The Labute approximate surface area is 689 Å². The van der Waals surface area contributed by atoms with Crippen LogP contribution in [-0.4, -0.2) is 225 Å². The van der Waals surface area contributed by atoms with Gasteiger partial charge in [-0.2, -0.15) is 0 Å². The van der Waals surface area contributed by atoms with Crippen LogP contribution in [0.15, 0.2) is 137 Å². The number of carbonyl (C=O) groups excluding carboxylic acids is 9. The first-order valence-corrected chi connectivity index (χ1v) is 40.7. The quantitative estimate of drug-likeness (QED) is 0.0274. The van der Waals surface area contributed by atoms with Gasteiger partial charge < -0.3 is 67.2 Å². The highest BCUT2D eigenvalue weighted by atomic mass is 16.6. The summed E-state index contributed by atoms with van der Waals surface area (Å²) in [5, 5.41) is 2.85. The minimum Gasteiger partial charge on any atom is -0.493 e. The van der Waals surface area contributed by atoms with Gasteiger partial charge in [0.25, 0.3) is 23.6 Å². The molecule has 628 valence electrons. The van der Waals surface area contributed by atoms with Crippen LogP contribution < -0.4 is 19.7 Å². The third-order valence-corrected chi connectivity index (χ3v) is 21.4. The summed E-state index contributed by atoms with van der Waals surface area (Å²) in [5.41, 5.74) is 12.3. The van der Waals surface area contributed by atoms with E-state index in [2.05, 4.69) is 29.6 Å². The Morgan fingerprint density at radius 3 is 1.58 bits per heavy atom. The van der Waals surface area contributed by atoms with Crippen molar-refractivity contribution in [1.29, 1.82) is 0 Å². The molecule has 11 rings (SSSR count). The minimum atomic E-state index is -0.829. The Morgan fingerprint density at radius 1 is 0.525 bits per heavy atom. The molecule has 6 amide bonds. The Bertz CT molecular complexity index is 4560. The van der Waals surface area contributed by atoms with Gasteiger partial charge in [0.1, 0.15) is 24.8 Å². The van der Waals surface area contributed by atoms with Crippen molar-refractivity contribution in [2.75, 3.05) is 131 Å². The molecule has 5 aliphatic heterocycles. The number of amides is 6. The number of methoxy groups -OCH3 is 1. The van der Waals surface area contributed by atoms with Gasteiger partial charge >= 0.3 is 6.09 Å². The third-order valence-electron chi connectivity index (χ3n) is 21.4. The lowest BCUT2D eigenvalue weighted by atomic mass is 9.88. The fourth-order valence-corrected chi connectivity index (χ4v) is 14.5. The molecule has 6 aromatic carbocycles. The van der Waals surface area contributed by atoms with E-state index >= 15 is 0 Å². The molecule has 0 bridgehead atoms. The van der Waals surface area contributed by atoms with Crippen LogP contribution in [0.5, 0.6) is 11.5 Å². The Morgan fingerprint density at radius 2 is 1.03 bits per heavy atom. The molecule has 118 heavy (non-hydrogen) atoms. The first kappa shape index (κ1) is 88.3. The summed E-state index contributed by atoms with van der Waals surface area (Å²) in [6.07, 6.45) is 9.18. The average Bonchev–Trinajstić information content (AvgIpc) is 1.57. The second-order valence-electron chi connectivity index (χ2n) is 30.2. The lowest BCUT2D eigenvalue weighted by Crippen LogP contribution is -2.44. The van der Waals surface area contributed by atoms with Crippen molar-refractivity contribution in [2.24, 2.45) is 21.8 Å². The largest absolute Gasteiger partial charge is 0.493 e. The van der Waals surface area contributed by atoms with Crippen molar-refractivity contribution >= 4 is 82.5 Å². The zero-order valence-corrected chi connectivity index (χ0v) is 68.4. The van der Waals surface area contributed by atoms with Crippen LogP contribution in [0.3, 0.4) is 0 Å². The number of hydrogen-bond acceptors (Lipinski definition) is 22. The van der Waals surface area contributed by atoms with Gasteiger partial charge in [-0.3, -0.25) is 58.1 Å². The highest BCUT2D eigenvalue weighted by molar-refractivity contribution is 6.13. The van der Waals surface area contributed by atoms with Crippen molar-refractivity contribution in [3.63, 3.8) is 0 Å². The number of hydrogen-bond donors (Lipinski definition) is 1. The highest BCUT2D eigenvalue weighted by Crippen LogP contribution is 2.40. The topological polar surface area (TPSA) is 305 Å². The van der Waals surface area contributed by atoms with Crippen LogP contribution in [0.2, 0.25) is 0 Å². The minimum absolute atomic E-state index is 0.00154. The summed E-state index contributed by atoms with van der Waals surface area (Å²) in [5.74, 6) is -1.79. The summed E-state index contributed by atoms with van der Waals surface area (Å²) in [6, 6.07) is 35.6. The molecule has 0 aliphatic carbocycles. The van der Waals surface area contributed by atoms with Crippen molar-refractivity contribution in [1.82, 2.24) is 20.0 Å². The Hall–Kier alpha value is -10.5. The van der Waals surface area contributed by atoms with E-state index in [-0.39, 0.29) is 124 Å². The summed E-state index contributed by atoms with van der Waals surface area (Å²) in [6.45, 7) is 14.4. The Kier molecular flexibility index (Phi) is 33.6. The molecule has 0 radical (unpaired) electrons. The monoisotopic (exact) mass is 1620 g/mol. The highest BCUT2D eigenvalue weighted by Gasteiger charge is 2.36. The van der Waals surface area contributed by atoms with Crippen LogP contribution in [0.25, 0.3) is 0 Å². The molecule has 2 unspecified atom stereocenters. The van der Waals surface area contributed by atoms with Gasteiger partial charge in [0.15, 0.2) is 17.3 Å². The Balaban J connectivity index is 0.564. The maximum absolute atomic E-state index is 14.2. The fraction of sp³-hybridized carbons (Fsp3) is 0.462. The summed E-state index contributed by atoms with van der Waals surface area (Å²) < 4.78 is 62.8. The number of imide groups is 1. The molecule has 0 fully saturated rings. The third kappa shape index (κ3) is 25.5. The van der Waals surface area contributed by atoms with Crippen LogP contribution in [0.4, 0.5) is 21.9 Å². The summed E-state index contributed by atoms with van der Waals surface area (Å²) in [4.78, 5) is 134. The van der Waals surface area contributed by atoms with Crippen molar-refractivity contribution in [2.45, 2.75) is 136 Å². The molecule has 6 aromatic rings. The predicted molar refractivity (Wildman–Crippen MR) is 441 cm³/mol. The van der Waals surface area contributed by atoms with Crippen LogP contribution in [0.1, 0.15) is 129 Å². The molecule has 27 nitrogen and oxygen atoms in total. The summed E-state index contributed by atoms with van der Waals surface area (Å²) in [7, 11) is 3.18. The van der Waals surface area contributed by atoms with Crippen LogP contribution >= 0.6 is 0 Å². The van der Waals surface area contributed by atoms with Crippen molar-refractivity contribution in [3.8, 4) is 11.5 Å². The molecule has 0 saturated carbocycles. The van der Waals surface area contributed by atoms with E-state index < -0.39 is 18.1 Å². The smallest absolute Gasteiger partial charge is 0.414 e. The number of aryl methyl sites for hydroxylation is 3. The first-order valence-electron chi connectivity index (χ1n) is 40.7. The number of nitrogens with zero attached hydrogens (tertiary/aromatic N) is 6. The number of Topliss-reactive ketones (excluding diaryl/α,β-unsaturated/α-hetero) is 3. The molecule has 5 aliphatic rings. The van der Waals surface area contributed by atoms with E-state index in [0.29, 0.717) is 195 Å². The number of nitrogens with one attached hydrogen (secondary N) is 1. The molecule has 1 N–H and O–H groups in total. The first-order chi connectivity index (χ1) is 57.3. The number of anilines is 1. The van der Waals surface area contributed by atoms with Gasteiger partial charge in [0.05, 0.1) is 147 Å². The maximum Gasteiger partial charge on any atom is 0.414 e. The van der Waals surface area contributed by atoms with E-state index in [9.17, 15) is 43.2 Å². The second-order valence-corrected chi connectivity index (χ2v) is 30.2. The van der Waals surface area contributed by atoms with Crippen LogP contribution in [-0.2, 0) is 130 Å². The predicted octanol–water partition coefficient (Wildman–Crippen LogP) is 10.7. The zero-order valence-electron chi connectivity index (χ0n) is 68.4. The molecule has 5 heterocycles. The lowest BCUT2D eigenvalue weighted by molar-refractivity contribution is -0.137. The standard InChI is InChI=1S/C91H109N7O20/c1-61(2)78(52-77(100)26-29-110-31-33-112-35-37-114-39-41-116-43-42-115-40-38-113-36-34-111-32-30-109-28-11-16-76(99)25-27-96-86(102)23-24-87(96)103)88(104)94-63(4)83(101)48-64-17-19-65(20-18-64)59-118-91(107)95(5)73-46-66(21-22-68-51-81-79(44-62(68)3)89(105)97-57-71-14-9-7-12-69(71)49-74(97)55-92-81)45-67(47-73)60-117-85-54-82-80(53-84(85)108-6)90(106)98-58-72-15-10-8-13-70(72)50-75(98)56-93-82/h7-10,12-15,17-20,23-24,44-47,51,53-56,61,63,74-75,78H,11,16,21-22,25-43,48-50,52,57-60H2,1-6H3,(H,94,104)/t63-,74?,75?,78-/m0/s1. The van der Waals surface area contributed by atoms with Gasteiger partial charge in [-0.25, -0.2) is 4.79 Å². The van der Waals surface area contributed by atoms with Gasteiger partial charge in [-0.1, -0.05) is 92.7 Å². The number of ether oxygens (including phenoxy) is 11. The molecular formula is C91H109N7O20. The second kappa shape index (κ2) is 44.9. The lowest BCUT2D eigenvalue weighted by Gasteiger charge is -2.34. The number of aliphatic imine (C=N–C) groups is 2. The SMILES string of the molecule is COc1cc2c(cc1OCc1cc(CCc3cc4c(cc3C)C(=O)N3Cc5ccccc5CC3C=N4)cc(N(C)C(=O)OCc3ccc(CC(=O)[C@H](C)NC(=O)[C@@H](CC(=O)CCOCCOCCOCCOCCOCCOCCOCCOCCCC(=O)CCN4C(=O)C=CC4=O)C(C)C)cc3)c1)N=CC1Cc3ccccc3CN1C2=O. The van der Waals surface area contributed by atoms with E-state index in [1.165, 1.54) is 35.3 Å². The number of fused-ring (bicyclic) bond motifs is 6. The summed E-state index contributed by atoms with van der Waals surface area (Å²) >= 11 is 0. The molecule has 27 heteroatoms. The molecule has 0 aromatic heterocycles. The number of carbonyl (C=O) groups is 9. The number of rotatable bonds is 49. The zero-order chi connectivity index (χ0) is 83.3. The molecule has 0 saturated heterocycles. The molecular weight excluding hydrogens is 1510 g/mol. The van der Waals surface area contributed by atoms with E-state index in [4.69, 9.17) is 62.1 Å². The van der Waals surface area contributed by atoms with Gasteiger partial charge in [-0.15, -0.1) is 0 Å². The van der Waals surface area contributed by atoms with Gasteiger partial charge in [-0.05, 0) is 138 Å². The van der Waals surface area contributed by atoms with E-state index in [1.807, 2.05) is 97.6 Å². The van der Waals surface area contributed by atoms with Gasteiger partial charge in [0.2, 0.25) is 5.91 Å². The normalized spacial score (nSPS) is 15.7. The van der Waals surface area contributed by atoms with Gasteiger partial charge in [0, 0.05) is 108 Å². The number of ketones is 3. The molecule has 4 atom stereocenters. The van der Waals surface area contributed by atoms with Crippen molar-refractivity contribution in [3.05, 3.63) is 194 Å². The number of benzene rings is 6. The van der Waals surface area contributed by atoms with E-state index in [0.717, 1.165) is 38.3 Å². The molecule has 0 spiro atoms.